The minimum Gasteiger partial charge on any atom is -0.479 e. The van der Waals surface area contributed by atoms with Gasteiger partial charge in [-0.1, -0.05) is 6.07 Å². The highest BCUT2D eigenvalue weighted by molar-refractivity contribution is 5.88. The van der Waals surface area contributed by atoms with Gasteiger partial charge in [-0.05, 0) is 32.0 Å². The Bertz CT molecular complexity index is 413. The lowest BCUT2D eigenvalue weighted by molar-refractivity contribution is -0.150. The van der Waals surface area contributed by atoms with Gasteiger partial charge in [0.05, 0.1) is 12.2 Å². The maximum atomic E-state index is 11.3. The van der Waals surface area contributed by atoms with Crippen molar-refractivity contribution in [2.75, 3.05) is 6.61 Å². The van der Waals surface area contributed by atoms with Crippen LogP contribution in [0.2, 0.25) is 0 Å². The first-order chi connectivity index (χ1) is 8.04. The Morgan fingerprint density at radius 1 is 1.41 bits per heavy atom. The van der Waals surface area contributed by atoms with Gasteiger partial charge in [-0.3, -0.25) is 0 Å². The molecule has 1 N–H and O–H groups in total. The number of carbonyl (C=O) groups is 2. The molecule has 17 heavy (non-hydrogen) atoms. The van der Waals surface area contributed by atoms with Crippen molar-refractivity contribution in [1.29, 1.82) is 0 Å². The highest BCUT2D eigenvalue weighted by Gasteiger charge is 2.16. The summed E-state index contributed by atoms with van der Waals surface area (Å²) in [6.07, 6.45) is -0.765. The summed E-state index contributed by atoms with van der Waals surface area (Å²) in [6.45, 7) is 3.53. The third-order valence-corrected chi connectivity index (χ3v) is 2.01. The molecular weight excluding hydrogens is 224 g/mol. The predicted molar refractivity (Wildman–Crippen MR) is 60.1 cm³/mol. The van der Waals surface area contributed by atoms with Crippen LogP contribution in [0.1, 0.15) is 24.2 Å². The molecule has 5 nitrogen and oxygen atoms in total. The van der Waals surface area contributed by atoms with Crippen LogP contribution in [0.4, 0.5) is 0 Å². The van der Waals surface area contributed by atoms with E-state index in [0.29, 0.717) is 5.75 Å². The second-order valence-electron chi connectivity index (χ2n) is 3.35. The summed E-state index contributed by atoms with van der Waals surface area (Å²) in [5.74, 6) is -1.20. The number of benzene rings is 1. The van der Waals surface area contributed by atoms with Gasteiger partial charge < -0.3 is 14.6 Å². The Morgan fingerprint density at radius 3 is 2.71 bits per heavy atom. The smallest absolute Gasteiger partial charge is 0.347 e. The Kier molecular flexibility index (Phi) is 4.51. The summed E-state index contributed by atoms with van der Waals surface area (Å²) in [5.41, 5.74) is 0.110. The fraction of sp³-hybridized carbons (Fsp3) is 0.333. The summed E-state index contributed by atoms with van der Waals surface area (Å²) in [5, 5.41) is 8.79. The molecule has 0 saturated heterocycles. The molecule has 1 aromatic carbocycles. The third-order valence-electron chi connectivity index (χ3n) is 2.01. The normalized spacial score (nSPS) is 11.6. The molecule has 1 atom stereocenters. The lowest BCUT2D eigenvalue weighted by Gasteiger charge is -2.13. The molecule has 0 saturated carbocycles. The molecule has 0 aliphatic heterocycles. The van der Waals surface area contributed by atoms with Crippen LogP contribution in [0.15, 0.2) is 24.3 Å². The molecule has 0 aliphatic rings. The molecule has 0 aliphatic carbocycles. The van der Waals surface area contributed by atoms with Gasteiger partial charge in [-0.2, -0.15) is 0 Å². The van der Waals surface area contributed by atoms with E-state index in [1.165, 1.54) is 12.1 Å². The van der Waals surface area contributed by atoms with Crippen molar-refractivity contribution in [2.45, 2.75) is 20.0 Å². The monoisotopic (exact) mass is 238 g/mol. The van der Waals surface area contributed by atoms with Gasteiger partial charge in [0, 0.05) is 0 Å². The molecule has 5 heteroatoms. The van der Waals surface area contributed by atoms with Crippen LogP contribution < -0.4 is 4.74 Å². The first-order valence-electron chi connectivity index (χ1n) is 5.21. The van der Waals surface area contributed by atoms with Gasteiger partial charge in [0.25, 0.3) is 0 Å². The van der Waals surface area contributed by atoms with Gasteiger partial charge in [0.15, 0.2) is 6.10 Å². The fourth-order valence-electron chi connectivity index (χ4n) is 1.21. The Balaban J connectivity index is 2.71. The average molecular weight is 238 g/mol. The molecule has 0 fully saturated rings. The molecule has 1 unspecified atom stereocenters. The van der Waals surface area contributed by atoms with E-state index in [0.717, 1.165) is 0 Å². The quantitative estimate of drug-likeness (QED) is 0.790. The van der Waals surface area contributed by atoms with E-state index in [9.17, 15) is 9.59 Å². The summed E-state index contributed by atoms with van der Waals surface area (Å²) in [7, 11) is 0. The minimum atomic E-state index is -1.04. The summed E-state index contributed by atoms with van der Waals surface area (Å²) < 4.78 is 10.1. The molecule has 0 bridgehead atoms. The van der Waals surface area contributed by atoms with E-state index in [2.05, 4.69) is 0 Å². The zero-order valence-corrected chi connectivity index (χ0v) is 9.67. The van der Waals surface area contributed by atoms with Crippen molar-refractivity contribution in [2.24, 2.45) is 0 Å². The standard InChI is InChI=1S/C12H14O5/c1-3-16-12(15)8(2)17-10-6-4-5-9(7-10)11(13)14/h4-8H,3H2,1-2H3,(H,13,14). The molecular formula is C12H14O5. The van der Waals surface area contributed by atoms with E-state index in [4.69, 9.17) is 14.6 Å². The second-order valence-corrected chi connectivity index (χ2v) is 3.35. The van der Waals surface area contributed by atoms with Crippen molar-refractivity contribution >= 4 is 11.9 Å². The van der Waals surface area contributed by atoms with Gasteiger partial charge in [-0.25, -0.2) is 9.59 Å². The Labute approximate surface area is 99.0 Å². The van der Waals surface area contributed by atoms with E-state index in [1.54, 1.807) is 26.0 Å². The molecule has 1 aromatic rings. The number of esters is 1. The van der Waals surface area contributed by atoms with Crippen LogP contribution in [0.5, 0.6) is 5.75 Å². The van der Waals surface area contributed by atoms with Crippen LogP contribution in [0.3, 0.4) is 0 Å². The van der Waals surface area contributed by atoms with Crippen molar-refractivity contribution in [3.63, 3.8) is 0 Å². The second kappa shape index (κ2) is 5.89. The topological polar surface area (TPSA) is 72.8 Å². The van der Waals surface area contributed by atoms with E-state index in [-0.39, 0.29) is 12.2 Å². The average Bonchev–Trinajstić information content (AvgIpc) is 2.29. The number of hydrogen-bond acceptors (Lipinski definition) is 4. The molecule has 0 heterocycles. The molecule has 92 valence electrons. The lowest BCUT2D eigenvalue weighted by Crippen LogP contribution is -2.26. The van der Waals surface area contributed by atoms with Gasteiger partial charge in [0.1, 0.15) is 5.75 Å². The molecule has 0 amide bonds. The SMILES string of the molecule is CCOC(=O)C(C)Oc1cccc(C(=O)O)c1. The zero-order valence-electron chi connectivity index (χ0n) is 9.67. The summed E-state index contributed by atoms with van der Waals surface area (Å²) in [6, 6.07) is 5.95. The maximum absolute atomic E-state index is 11.3. The minimum absolute atomic E-state index is 0.110. The van der Waals surface area contributed by atoms with Crippen molar-refractivity contribution in [1.82, 2.24) is 0 Å². The molecule has 0 radical (unpaired) electrons. The maximum Gasteiger partial charge on any atom is 0.347 e. The first-order valence-corrected chi connectivity index (χ1v) is 5.21. The first kappa shape index (κ1) is 13.0. The summed E-state index contributed by atoms with van der Waals surface area (Å²) in [4.78, 5) is 22.0. The van der Waals surface area contributed by atoms with Gasteiger partial charge >= 0.3 is 11.9 Å². The fourth-order valence-corrected chi connectivity index (χ4v) is 1.21. The number of aromatic carboxylic acids is 1. The van der Waals surface area contributed by atoms with Crippen molar-refractivity contribution < 1.29 is 24.2 Å². The Hall–Kier alpha value is -2.04. The number of hydrogen-bond donors (Lipinski definition) is 1. The van der Waals surface area contributed by atoms with Crippen molar-refractivity contribution in [3.8, 4) is 5.75 Å². The zero-order chi connectivity index (χ0) is 12.8. The van der Waals surface area contributed by atoms with Crippen LogP contribution in [0, 0.1) is 0 Å². The van der Waals surface area contributed by atoms with E-state index >= 15 is 0 Å². The lowest BCUT2D eigenvalue weighted by atomic mass is 10.2. The van der Waals surface area contributed by atoms with E-state index < -0.39 is 18.0 Å². The number of carboxylic acid groups (broad SMARTS) is 1. The molecule has 0 spiro atoms. The highest BCUT2D eigenvalue weighted by atomic mass is 16.6. The van der Waals surface area contributed by atoms with Crippen LogP contribution in [0.25, 0.3) is 0 Å². The van der Waals surface area contributed by atoms with Crippen molar-refractivity contribution in [3.05, 3.63) is 29.8 Å². The number of carbonyl (C=O) groups excluding carboxylic acids is 1. The summed E-state index contributed by atoms with van der Waals surface area (Å²) >= 11 is 0. The Morgan fingerprint density at radius 2 is 2.12 bits per heavy atom. The number of rotatable bonds is 5. The molecule has 0 aromatic heterocycles. The molecule has 1 rings (SSSR count). The largest absolute Gasteiger partial charge is 0.479 e. The third kappa shape index (κ3) is 3.79. The van der Waals surface area contributed by atoms with Gasteiger partial charge in [-0.15, -0.1) is 0 Å². The van der Waals surface area contributed by atoms with E-state index in [1.807, 2.05) is 0 Å². The van der Waals surface area contributed by atoms with Crippen LogP contribution in [-0.4, -0.2) is 29.8 Å². The van der Waals surface area contributed by atoms with Crippen LogP contribution >= 0.6 is 0 Å². The highest BCUT2D eigenvalue weighted by Crippen LogP contribution is 2.15. The van der Waals surface area contributed by atoms with Crippen LogP contribution in [-0.2, 0) is 9.53 Å². The number of ether oxygens (including phenoxy) is 2. The predicted octanol–water partition coefficient (Wildman–Crippen LogP) is 1.72. The van der Waals surface area contributed by atoms with Gasteiger partial charge in [0.2, 0.25) is 0 Å². The number of carboxylic acids is 1.